The van der Waals surface area contributed by atoms with Crippen molar-refractivity contribution in [2.24, 2.45) is 11.8 Å². The van der Waals surface area contributed by atoms with Gasteiger partial charge in [-0.15, -0.1) is 0 Å². The molecule has 2 unspecified atom stereocenters. The normalized spacial score (nSPS) is 13.4. The molecule has 2 aromatic carbocycles. The topological polar surface area (TPSA) is 0 Å². The highest BCUT2D eigenvalue weighted by atomic mass is 14.2. The quantitative estimate of drug-likeness (QED) is 0.327. The van der Waals surface area contributed by atoms with Crippen LogP contribution in [0.25, 0.3) is 11.1 Å². The Morgan fingerprint density at radius 2 is 1.36 bits per heavy atom. The van der Waals surface area contributed by atoms with Crippen LogP contribution < -0.4 is 0 Å². The van der Waals surface area contributed by atoms with E-state index in [4.69, 9.17) is 0 Å². The molecule has 0 N–H and O–H groups in total. The summed E-state index contributed by atoms with van der Waals surface area (Å²) in [5.41, 5.74) is 5.83. The summed E-state index contributed by atoms with van der Waals surface area (Å²) in [5, 5.41) is 0. The lowest BCUT2D eigenvalue weighted by Crippen LogP contribution is -2.11. The van der Waals surface area contributed by atoms with Crippen LogP contribution in [0, 0.1) is 17.9 Å². The Balaban J connectivity index is 2.37. The van der Waals surface area contributed by atoms with Crippen LogP contribution in [0.3, 0.4) is 0 Å². The average molecular weight is 378 g/mol. The lowest BCUT2D eigenvalue weighted by atomic mass is 9.82. The van der Waals surface area contributed by atoms with Gasteiger partial charge in [0.2, 0.25) is 0 Å². The summed E-state index contributed by atoms with van der Waals surface area (Å²) in [6, 6.07) is 19.1. The maximum atomic E-state index is 3.61. The molecule has 28 heavy (non-hydrogen) atoms. The van der Waals surface area contributed by atoms with Crippen molar-refractivity contribution < 1.29 is 0 Å². The van der Waals surface area contributed by atoms with Gasteiger partial charge in [-0.2, -0.15) is 0 Å². The molecule has 0 saturated carbocycles. The van der Waals surface area contributed by atoms with Gasteiger partial charge in [-0.25, -0.2) is 0 Å². The van der Waals surface area contributed by atoms with Crippen molar-refractivity contribution in [2.75, 3.05) is 0 Å². The zero-order valence-corrected chi connectivity index (χ0v) is 18.8. The maximum Gasteiger partial charge on any atom is -0.00702 e. The highest BCUT2D eigenvalue weighted by molar-refractivity contribution is 5.68. The van der Waals surface area contributed by atoms with Gasteiger partial charge >= 0.3 is 0 Å². The Bertz CT molecular complexity index is 655. The molecule has 0 spiro atoms. The van der Waals surface area contributed by atoms with E-state index in [0.717, 1.165) is 11.8 Å². The molecular weight excluding hydrogens is 336 g/mol. The molecule has 0 fully saturated rings. The summed E-state index contributed by atoms with van der Waals surface area (Å²) in [7, 11) is 0. The molecular formula is C28H41. The van der Waals surface area contributed by atoms with Crippen LogP contribution in [-0.4, -0.2) is 0 Å². The van der Waals surface area contributed by atoms with E-state index < -0.39 is 0 Å². The molecule has 0 aromatic heterocycles. The largest absolute Gasteiger partial charge is 0.0654 e. The third-order valence-electron chi connectivity index (χ3n) is 6.35. The van der Waals surface area contributed by atoms with Crippen molar-refractivity contribution in [2.45, 2.75) is 91.9 Å². The summed E-state index contributed by atoms with van der Waals surface area (Å²) in [5.74, 6) is 1.59. The van der Waals surface area contributed by atoms with Crippen molar-refractivity contribution in [3.05, 3.63) is 59.7 Å². The first-order chi connectivity index (χ1) is 13.7. The first-order valence-electron chi connectivity index (χ1n) is 11.8. The fraction of sp³-hybridized carbons (Fsp3) is 0.571. The molecule has 0 saturated heterocycles. The fourth-order valence-corrected chi connectivity index (χ4v) is 4.35. The lowest BCUT2D eigenvalue weighted by Gasteiger charge is -2.23. The Morgan fingerprint density at radius 1 is 0.750 bits per heavy atom. The molecule has 0 nitrogen and oxygen atoms in total. The minimum absolute atomic E-state index is 0.785. The smallest absolute Gasteiger partial charge is 0.00702 e. The Hall–Kier alpha value is -1.56. The second-order valence-corrected chi connectivity index (χ2v) is 8.46. The third-order valence-corrected chi connectivity index (χ3v) is 6.35. The average Bonchev–Trinajstić information content (AvgIpc) is 2.75. The summed E-state index contributed by atoms with van der Waals surface area (Å²) >= 11 is 0. The van der Waals surface area contributed by atoms with E-state index in [2.05, 4.69) is 76.2 Å². The molecule has 0 heterocycles. The van der Waals surface area contributed by atoms with Crippen molar-refractivity contribution in [3.8, 4) is 11.1 Å². The van der Waals surface area contributed by atoms with Crippen LogP contribution in [-0.2, 0) is 12.8 Å². The standard InChI is InChI=1S/C28H41/c1-5-9-15-23(7-3)21-26-19-14-20-27(25-17-12-11-13-18-25)28(26)22-24(8-4)16-10-6-2/h11-14,17-19,23-24H,5-10,15-16,21-22H2,1-4H3. The number of unbranched alkanes of at least 4 members (excludes halogenated alkanes) is 2. The van der Waals surface area contributed by atoms with E-state index in [1.54, 1.807) is 11.1 Å². The Kier molecular flexibility index (Phi) is 10.4. The maximum absolute atomic E-state index is 3.61. The molecule has 2 aromatic rings. The zero-order valence-electron chi connectivity index (χ0n) is 18.8. The van der Waals surface area contributed by atoms with Gasteiger partial charge in [0.15, 0.2) is 0 Å². The van der Waals surface area contributed by atoms with Gasteiger partial charge in [-0.3, -0.25) is 0 Å². The first-order valence-corrected chi connectivity index (χ1v) is 11.8. The fourth-order valence-electron chi connectivity index (χ4n) is 4.35. The van der Waals surface area contributed by atoms with Gasteiger partial charge in [0.05, 0.1) is 0 Å². The molecule has 1 radical (unpaired) electrons. The van der Waals surface area contributed by atoms with Crippen LogP contribution >= 0.6 is 0 Å². The molecule has 0 aliphatic heterocycles. The van der Waals surface area contributed by atoms with E-state index in [1.165, 1.54) is 75.3 Å². The molecule has 0 heteroatoms. The van der Waals surface area contributed by atoms with Crippen molar-refractivity contribution in [1.29, 1.82) is 0 Å². The number of rotatable bonds is 13. The van der Waals surface area contributed by atoms with Crippen LogP contribution in [0.4, 0.5) is 0 Å². The second-order valence-electron chi connectivity index (χ2n) is 8.46. The molecule has 0 bridgehead atoms. The predicted molar refractivity (Wildman–Crippen MR) is 125 cm³/mol. The second kappa shape index (κ2) is 12.8. The molecule has 0 aliphatic rings. The van der Waals surface area contributed by atoms with Gasteiger partial charge in [-0.1, -0.05) is 122 Å². The first kappa shape index (κ1) is 22.7. The minimum atomic E-state index is 0.785. The van der Waals surface area contributed by atoms with E-state index >= 15 is 0 Å². The highest BCUT2D eigenvalue weighted by Gasteiger charge is 2.17. The van der Waals surface area contributed by atoms with Gasteiger partial charge in [0.25, 0.3) is 0 Å². The van der Waals surface area contributed by atoms with Crippen molar-refractivity contribution in [1.82, 2.24) is 0 Å². The molecule has 2 atom stereocenters. The van der Waals surface area contributed by atoms with E-state index in [1.807, 2.05) is 0 Å². The SMILES string of the molecule is CCCCC(CC)Cc1cc[c]c(-c2ccccc2)c1CC(CC)CCCC. The van der Waals surface area contributed by atoms with Crippen LogP contribution in [0.15, 0.2) is 42.5 Å². The summed E-state index contributed by atoms with van der Waals surface area (Å²) < 4.78 is 0. The molecule has 2 rings (SSSR count). The van der Waals surface area contributed by atoms with E-state index in [9.17, 15) is 0 Å². The van der Waals surface area contributed by atoms with Gasteiger partial charge in [0.1, 0.15) is 0 Å². The number of hydrogen-bond acceptors (Lipinski definition) is 0. The third kappa shape index (κ3) is 6.80. The number of benzene rings is 2. The van der Waals surface area contributed by atoms with Gasteiger partial charge < -0.3 is 0 Å². The molecule has 0 aliphatic carbocycles. The monoisotopic (exact) mass is 377 g/mol. The summed E-state index contributed by atoms with van der Waals surface area (Å²) in [4.78, 5) is 0. The van der Waals surface area contributed by atoms with Crippen molar-refractivity contribution >= 4 is 0 Å². The van der Waals surface area contributed by atoms with Crippen LogP contribution in [0.2, 0.25) is 0 Å². The lowest BCUT2D eigenvalue weighted by molar-refractivity contribution is 0.434. The zero-order chi connectivity index (χ0) is 20.2. The summed E-state index contributed by atoms with van der Waals surface area (Å²) in [6.45, 7) is 9.35. The number of hydrogen-bond donors (Lipinski definition) is 0. The summed E-state index contributed by atoms with van der Waals surface area (Å²) in [6.07, 6.45) is 13.0. The Morgan fingerprint density at radius 3 is 1.93 bits per heavy atom. The van der Waals surface area contributed by atoms with Crippen LogP contribution in [0.1, 0.15) is 90.2 Å². The molecule has 153 valence electrons. The van der Waals surface area contributed by atoms with E-state index in [-0.39, 0.29) is 0 Å². The highest BCUT2D eigenvalue weighted by Crippen LogP contribution is 2.32. The van der Waals surface area contributed by atoms with Crippen molar-refractivity contribution in [3.63, 3.8) is 0 Å². The molecule has 0 amide bonds. The van der Waals surface area contributed by atoms with Gasteiger partial charge in [-0.05, 0) is 53.0 Å². The van der Waals surface area contributed by atoms with Gasteiger partial charge in [0, 0.05) is 0 Å². The Labute approximate surface area is 174 Å². The van der Waals surface area contributed by atoms with E-state index in [0.29, 0.717) is 0 Å². The minimum Gasteiger partial charge on any atom is -0.0654 e. The van der Waals surface area contributed by atoms with Crippen LogP contribution in [0.5, 0.6) is 0 Å². The predicted octanol–water partition coefficient (Wildman–Crippen LogP) is 8.67.